The van der Waals surface area contributed by atoms with Crippen molar-refractivity contribution in [2.45, 2.75) is 33.3 Å². The summed E-state index contributed by atoms with van der Waals surface area (Å²) in [6, 6.07) is 3.61. The molecule has 1 amide bonds. The maximum absolute atomic E-state index is 11.6. The van der Waals surface area contributed by atoms with Gasteiger partial charge in [-0.2, -0.15) is 0 Å². The predicted octanol–water partition coefficient (Wildman–Crippen LogP) is 3.69. The zero-order valence-electron chi connectivity index (χ0n) is 10.4. The van der Waals surface area contributed by atoms with Crippen LogP contribution in [0.4, 0.5) is 16.2 Å². The van der Waals surface area contributed by atoms with E-state index in [4.69, 9.17) is 10.5 Å². The first-order valence-corrected chi connectivity index (χ1v) is 6.04. The maximum Gasteiger partial charge on any atom is 0.412 e. The number of hydrogen-bond donors (Lipinski definition) is 2. The molecule has 0 bridgehead atoms. The van der Waals surface area contributed by atoms with Gasteiger partial charge >= 0.3 is 6.09 Å². The van der Waals surface area contributed by atoms with Gasteiger partial charge in [0.05, 0.1) is 11.4 Å². The molecule has 0 radical (unpaired) electrons. The molecule has 0 aromatic heterocycles. The fourth-order valence-electron chi connectivity index (χ4n) is 1.35. The predicted molar refractivity (Wildman–Crippen MR) is 73.1 cm³/mol. The number of aryl methyl sites for hydroxylation is 1. The molecule has 0 spiro atoms. The number of nitrogens with two attached hydrogens (primary N) is 1. The van der Waals surface area contributed by atoms with Crippen LogP contribution in [-0.4, -0.2) is 11.7 Å². The summed E-state index contributed by atoms with van der Waals surface area (Å²) >= 11 is 3.34. The number of hydrogen-bond acceptors (Lipinski definition) is 3. The molecule has 0 saturated carbocycles. The van der Waals surface area contributed by atoms with Crippen molar-refractivity contribution >= 4 is 33.4 Å². The van der Waals surface area contributed by atoms with E-state index in [9.17, 15) is 4.79 Å². The number of rotatable bonds is 1. The van der Waals surface area contributed by atoms with Crippen LogP contribution < -0.4 is 11.1 Å². The molecule has 0 unspecified atom stereocenters. The second-order valence-corrected chi connectivity index (χ2v) is 5.73. The Morgan fingerprint density at radius 3 is 2.47 bits per heavy atom. The largest absolute Gasteiger partial charge is 0.444 e. The standard InChI is InChI=1S/C12H17BrN2O2/c1-7-5-8(13)6-9(14)10(7)15-11(16)17-12(2,3)4/h5-6H,14H2,1-4H3,(H,15,16). The first kappa shape index (κ1) is 13.8. The lowest BCUT2D eigenvalue weighted by atomic mass is 10.1. The van der Waals surface area contributed by atoms with E-state index in [0.717, 1.165) is 10.0 Å². The summed E-state index contributed by atoms with van der Waals surface area (Å²) < 4.78 is 6.04. The Morgan fingerprint density at radius 2 is 2.00 bits per heavy atom. The Bertz CT molecular complexity index is 416. The molecule has 94 valence electrons. The van der Waals surface area contributed by atoms with Gasteiger partial charge in [0.25, 0.3) is 0 Å². The number of carbonyl (C=O) groups is 1. The molecule has 0 heterocycles. The fourth-order valence-corrected chi connectivity index (χ4v) is 1.94. The van der Waals surface area contributed by atoms with Gasteiger partial charge in [0.2, 0.25) is 0 Å². The molecule has 0 aliphatic rings. The van der Waals surface area contributed by atoms with Crippen LogP contribution in [0.1, 0.15) is 26.3 Å². The minimum atomic E-state index is -0.526. The van der Waals surface area contributed by atoms with Crippen molar-refractivity contribution in [1.82, 2.24) is 0 Å². The highest BCUT2D eigenvalue weighted by atomic mass is 79.9. The van der Waals surface area contributed by atoms with Crippen molar-refractivity contribution in [3.8, 4) is 0 Å². The van der Waals surface area contributed by atoms with Crippen LogP contribution in [0.2, 0.25) is 0 Å². The number of carbonyl (C=O) groups excluding carboxylic acids is 1. The van der Waals surface area contributed by atoms with Crippen molar-refractivity contribution in [2.75, 3.05) is 11.1 Å². The van der Waals surface area contributed by atoms with E-state index in [0.29, 0.717) is 11.4 Å². The number of halogens is 1. The number of ether oxygens (including phenoxy) is 1. The molecule has 0 fully saturated rings. The van der Waals surface area contributed by atoms with Crippen LogP contribution >= 0.6 is 15.9 Å². The molecule has 1 aromatic rings. The van der Waals surface area contributed by atoms with Crippen molar-refractivity contribution in [3.05, 3.63) is 22.2 Å². The first-order chi connectivity index (χ1) is 7.69. The lowest BCUT2D eigenvalue weighted by Crippen LogP contribution is -2.27. The van der Waals surface area contributed by atoms with E-state index in [2.05, 4.69) is 21.2 Å². The van der Waals surface area contributed by atoms with Gasteiger partial charge in [-0.3, -0.25) is 5.32 Å². The summed E-state index contributed by atoms with van der Waals surface area (Å²) in [4.78, 5) is 11.6. The number of anilines is 2. The molecule has 0 atom stereocenters. The summed E-state index contributed by atoms with van der Waals surface area (Å²) in [5, 5.41) is 2.66. The van der Waals surface area contributed by atoms with Gasteiger partial charge in [0, 0.05) is 4.47 Å². The topological polar surface area (TPSA) is 64.3 Å². The molecule has 4 nitrogen and oxygen atoms in total. The summed E-state index contributed by atoms with van der Waals surface area (Å²) in [7, 11) is 0. The van der Waals surface area contributed by atoms with Gasteiger partial charge in [0.15, 0.2) is 0 Å². The summed E-state index contributed by atoms with van der Waals surface area (Å²) in [6.45, 7) is 7.30. The van der Waals surface area contributed by atoms with Crippen molar-refractivity contribution in [2.24, 2.45) is 0 Å². The van der Waals surface area contributed by atoms with E-state index in [1.54, 1.807) is 6.07 Å². The maximum atomic E-state index is 11.6. The van der Waals surface area contributed by atoms with Crippen molar-refractivity contribution in [3.63, 3.8) is 0 Å². The molecule has 1 rings (SSSR count). The quantitative estimate of drug-likeness (QED) is 0.778. The normalized spacial score (nSPS) is 11.1. The van der Waals surface area contributed by atoms with Crippen LogP contribution in [0.5, 0.6) is 0 Å². The molecule has 0 aliphatic carbocycles. The molecule has 17 heavy (non-hydrogen) atoms. The van der Waals surface area contributed by atoms with Crippen molar-refractivity contribution < 1.29 is 9.53 Å². The van der Waals surface area contributed by atoms with Crippen LogP contribution in [0.25, 0.3) is 0 Å². The van der Waals surface area contributed by atoms with E-state index in [-0.39, 0.29) is 0 Å². The number of benzene rings is 1. The van der Waals surface area contributed by atoms with Gasteiger partial charge < -0.3 is 10.5 Å². The zero-order chi connectivity index (χ0) is 13.2. The Morgan fingerprint density at radius 1 is 1.41 bits per heavy atom. The Hall–Kier alpha value is -1.23. The molecular weight excluding hydrogens is 284 g/mol. The lowest BCUT2D eigenvalue weighted by Gasteiger charge is -2.20. The smallest absolute Gasteiger partial charge is 0.412 e. The van der Waals surface area contributed by atoms with E-state index >= 15 is 0 Å². The van der Waals surface area contributed by atoms with Crippen LogP contribution in [0.3, 0.4) is 0 Å². The van der Waals surface area contributed by atoms with Gasteiger partial charge in [-0.25, -0.2) is 4.79 Å². The second kappa shape index (κ2) is 4.96. The van der Waals surface area contributed by atoms with Crippen LogP contribution in [0, 0.1) is 6.92 Å². The Balaban J connectivity index is 2.86. The van der Waals surface area contributed by atoms with E-state index in [1.807, 2.05) is 33.8 Å². The third-order valence-corrected chi connectivity index (χ3v) is 2.41. The molecule has 0 saturated heterocycles. The minimum absolute atomic E-state index is 0.503. The monoisotopic (exact) mass is 300 g/mol. The summed E-state index contributed by atoms with van der Waals surface area (Å²) in [6.07, 6.45) is -0.505. The minimum Gasteiger partial charge on any atom is -0.444 e. The third-order valence-electron chi connectivity index (χ3n) is 1.96. The van der Waals surface area contributed by atoms with Gasteiger partial charge in [0.1, 0.15) is 5.60 Å². The number of amides is 1. The summed E-state index contributed by atoms with van der Waals surface area (Å²) in [5.41, 5.74) is 7.27. The van der Waals surface area contributed by atoms with Gasteiger partial charge in [-0.1, -0.05) is 15.9 Å². The van der Waals surface area contributed by atoms with Gasteiger partial charge in [-0.05, 0) is 45.4 Å². The number of nitrogens with one attached hydrogen (secondary N) is 1. The highest BCUT2D eigenvalue weighted by molar-refractivity contribution is 9.10. The molecular formula is C12H17BrN2O2. The Kier molecular flexibility index (Phi) is 4.03. The van der Waals surface area contributed by atoms with E-state index < -0.39 is 11.7 Å². The van der Waals surface area contributed by atoms with Crippen LogP contribution in [0.15, 0.2) is 16.6 Å². The highest BCUT2D eigenvalue weighted by Gasteiger charge is 2.17. The van der Waals surface area contributed by atoms with Crippen LogP contribution in [-0.2, 0) is 4.74 Å². The molecule has 1 aromatic carbocycles. The molecule has 5 heteroatoms. The Labute approximate surface area is 110 Å². The fraction of sp³-hybridized carbons (Fsp3) is 0.417. The average Bonchev–Trinajstić information content (AvgIpc) is 2.08. The molecule has 3 N–H and O–H groups in total. The summed E-state index contributed by atoms with van der Waals surface area (Å²) in [5.74, 6) is 0. The van der Waals surface area contributed by atoms with Gasteiger partial charge in [-0.15, -0.1) is 0 Å². The van der Waals surface area contributed by atoms with Crippen molar-refractivity contribution in [1.29, 1.82) is 0 Å². The number of nitrogen functional groups attached to an aromatic ring is 1. The SMILES string of the molecule is Cc1cc(Br)cc(N)c1NC(=O)OC(C)(C)C. The first-order valence-electron chi connectivity index (χ1n) is 5.24. The highest BCUT2D eigenvalue weighted by Crippen LogP contribution is 2.28. The lowest BCUT2D eigenvalue weighted by molar-refractivity contribution is 0.0636. The average molecular weight is 301 g/mol. The second-order valence-electron chi connectivity index (χ2n) is 4.81. The third kappa shape index (κ3) is 4.26. The molecule has 0 aliphatic heterocycles. The van der Waals surface area contributed by atoms with E-state index in [1.165, 1.54) is 0 Å². The zero-order valence-corrected chi connectivity index (χ0v) is 12.0.